The maximum atomic E-state index is 5.66. The molecule has 0 aromatic carbocycles. The van der Waals surface area contributed by atoms with Crippen molar-refractivity contribution in [3.05, 3.63) is 23.9 Å². The Labute approximate surface area is 67.7 Å². The Kier molecular flexibility index (Phi) is 2.05. The van der Waals surface area contributed by atoms with Crippen LogP contribution in [0.25, 0.3) is 0 Å². The standard InChI is InChI=1S/C9H15NO/c1-9(2,3)11-8-6-4-5-7(8)10/h4-6,8H,10H2,1-3H3. The first-order valence-corrected chi connectivity index (χ1v) is 3.81. The molecule has 2 N–H and O–H groups in total. The highest BCUT2D eigenvalue weighted by molar-refractivity contribution is 5.26. The predicted molar refractivity (Wildman–Crippen MR) is 46.0 cm³/mol. The molecule has 0 amide bonds. The summed E-state index contributed by atoms with van der Waals surface area (Å²) < 4.78 is 5.63. The van der Waals surface area contributed by atoms with E-state index in [9.17, 15) is 0 Å². The molecule has 1 aliphatic carbocycles. The van der Waals surface area contributed by atoms with Crippen LogP contribution in [0.3, 0.4) is 0 Å². The van der Waals surface area contributed by atoms with Crippen molar-refractivity contribution in [3.63, 3.8) is 0 Å². The van der Waals surface area contributed by atoms with Crippen molar-refractivity contribution < 1.29 is 4.74 Å². The van der Waals surface area contributed by atoms with Gasteiger partial charge in [0, 0.05) is 5.70 Å². The smallest absolute Gasteiger partial charge is 0.116 e. The van der Waals surface area contributed by atoms with Gasteiger partial charge in [0.15, 0.2) is 0 Å². The minimum absolute atomic E-state index is 0.0185. The fourth-order valence-electron chi connectivity index (χ4n) is 0.962. The summed E-state index contributed by atoms with van der Waals surface area (Å²) in [7, 11) is 0. The van der Waals surface area contributed by atoms with Gasteiger partial charge in [-0.15, -0.1) is 0 Å². The lowest BCUT2D eigenvalue weighted by molar-refractivity contribution is -0.0220. The molecular weight excluding hydrogens is 138 g/mol. The predicted octanol–water partition coefficient (Wildman–Crippen LogP) is 1.58. The van der Waals surface area contributed by atoms with E-state index in [0.717, 1.165) is 5.70 Å². The first-order chi connectivity index (χ1) is 4.99. The molecule has 2 nitrogen and oxygen atoms in total. The van der Waals surface area contributed by atoms with Gasteiger partial charge in [-0.2, -0.15) is 0 Å². The highest BCUT2D eigenvalue weighted by Gasteiger charge is 2.19. The second-order valence-corrected chi connectivity index (χ2v) is 3.70. The molecule has 1 rings (SSSR count). The number of nitrogens with two attached hydrogens (primary N) is 1. The van der Waals surface area contributed by atoms with Gasteiger partial charge in [-0.05, 0) is 32.9 Å². The Hall–Kier alpha value is -0.760. The third kappa shape index (κ3) is 2.39. The Morgan fingerprint density at radius 3 is 2.45 bits per heavy atom. The molecule has 11 heavy (non-hydrogen) atoms. The molecule has 0 heterocycles. The SMILES string of the molecule is CC(C)(C)OC1C=CC=C1N. The van der Waals surface area contributed by atoms with Crippen LogP contribution in [0.4, 0.5) is 0 Å². The third-order valence-electron chi connectivity index (χ3n) is 1.38. The highest BCUT2D eigenvalue weighted by atomic mass is 16.5. The van der Waals surface area contributed by atoms with E-state index in [2.05, 4.69) is 0 Å². The molecule has 0 saturated carbocycles. The van der Waals surface area contributed by atoms with Crippen LogP contribution in [-0.2, 0) is 4.74 Å². The number of ether oxygens (including phenoxy) is 1. The number of allylic oxidation sites excluding steroid dienone is 2. The summed E-state index contributed by atoms with van der Waals surface area (Å²) in [5, 5.41) is 0. The van der Waals surface area contributed by atoms with Crippen molar-refractivity contribution in [1.29, 1.82) is 0 Å². The molecule has 62 valence electrons. The number of hydrogen-bond donors (Lipinski definition) is 1. The summed E-state index contributed by atoms with van der Waals surface area (Å²) in [6.45, 7) is 6.06. The van der Waals surface area contributed by atoms with E-state index in [1.54, 1.807) is 0 Å². The van der Waals surface area contributed by atoms with Gasteiger partial charge in [0.1, 0.15) is 6.10 Å². The molecule has 0 fully saturated rings. The molecular formula is C9H15NO. The van der Waals surface area contributed by atoms with Crippen molar-refractivity contribution in [2.24, 2.45) is 5.73 Å². The molecule has 0 bridgehead atoms. The zero-order valence-corrected chi connectivity index (χ0v) is 7.29. The molecule has 1 unspecified atom stereocenters. The van der Waals surface area contributed by atoms with Crippen molar-refractivity contribution in [1.82, 2.24) is 0 Å². The molecule has 0 aromatic heterocycles. The Morgan fingerprint density at radius 2 is 2.09 bits per heavy atom. The van der Waals surface area contributed by atoms with Crippen LogP contribution in [0.2, 0.25) is 0 Å². The minimum Gasteiger partial charge on any atom is -0.400 e. The normalized spacial score (nSPS) is 23.9. The van der Waals surface area contributed by atoms with Crippen LogP contribution in [-0.4, -0.2) is 11.7 Å². The summed E-state index contributed by atoms with van der Waals surface area (Å²) in [6.07, 6.45) is 5.73. The Balaban J connectivity index is 2.52. The van der Waals surface area contributed by atoms with E-state index in [1.807, 2.05) is 39.0 Å². The minimum atomic E-state index is -0.127. The van der Waals surface area contributed by atoms with Gasteiger partial charge in [0.05, 0.1) is 5.60 Å². The topological polar surface area (TPSA) is 35.2 Å². The average molecular weight is 153 g/mol. The van der Waals surface area contributed by atoms with E-state index in [0.29, 0.717) is 0 Å². The van der Waals surface area contributed by atoms with Gasteiger partial charge >= 0.3 is 0 Å². The highest BCUT2D eigenvalue weighted by Crippen LogP contribution is 2.18. The molecule has 0 aromatic rings. The van der Waals surface area contributed by atoms with E-state index in [1.165, 1.54) is 0 Å². The summed E-state index contributed by atoms with van der Waals surface area (Å²) in [5.74, 6) is 0. The maximum Gasteiger partial charge on any atom is 0.116 e. The maximum absolute atomic E-state index is 5.66. The number of hydrogen-bond acceptors (Lipinski definition) is 2. The van der Waals surface area contributed by atoms with Crippen LogP contribution in [0.1, 0.15) is 20.8 Å². The molecule has 0 aliphatic heterocycles. The van der Waals surface area contributed by atoms with E-state index in [4.69, 9.17) is 10.5 Å². The monoisotopic (exact) mass is 153 g/mol. The largest absolute Gasteiger partial charge is 0.400 e. The quantitative estimate of drug-likeness (QED) is 0.620. The van der Waals surface area contributed by atoms with Crippen molar-refractivity contribution in [3.8, 4) is 0 Å². The fraction of sp³-hybridized carbons (Fsp3) is 0.556. The van der Waals surface area contributed by atoms with Gasteiger partial charge in [-0.25, -0.2) is 0 Å². The van der Waals surface area contributed by atoms with Crippen LogP contribution in [0, 0.1) is 0 Å². The molecule has 2 heteroatoms. The van der Waals surface area contributed by atoms with Crippen LogP contribution in [0.15, 0.2) is 23.9 Å². The van der Waals surface area contributed by atoms with Gasteiger partial charge in [-0.3, -0.25) is 0 Å². The molecule has 1 aliphatic rings. The first kappa shape index (κ1) is 8.34. The zero-order valence-electron chi connectivity index (χ0n) is 7.29. The Bertz CT molecular complexity index is 198. The zero-order chi connectivity index (χ0) is 8.48. The second-order valence-electron chi connectivity index (χ2n) is 3.70. The van der Waals surface area contributed by atoms with Crippen molar-refractivity contribution in [2.45, 2.75) is 32.5 Å². The lowest BCUT2D eigenvalue weighted by atomic mass is 10.2. The van der Waals surface area contributed by atoms with Crippen molar-refractivity contribution in [2.75, 3.05) is 0 Å². The summed E-state index contributed by atoms with van der Waals surface area (Å²) in [6, 6.07) is 0. The van der Waals surface area contributed by atoms with E-state index >= 15 is 0 Å². The van der Waals surface area contributed by atoms with Crippen molar-refractivity contribution >= 4 is 0 Å². The summed E-state index contributed by atoms with van der Waals surface area (Å²) in [5.41, 5.74) is 6.32. The van der Waals surface area contributed by atoms with E-state index < -0.39 is 0 Å². The van der Waals surface area contributed by atoms with Crippen LogP contribution >= 0.6 is 0 Å². The first-order valence-electron chi connectivity index (χ1n) is 3.81. The van der Waals surface area contributed by atoms with Gasteiger partial charge in [0.25, 0.3) is 0 Å². The van der Waals surface area contributed by atoms with Crippen LogP contribution in [0.5, 0.6) is 0 Å². The van der Waals surface area contributed by atoms with Gasteiger partial charge < -0.3 is 10.5 Å². The lowest BCUT2D eigenvalue weighted by Gasteiger charge is -2.24. The molecule has 0 spiro atoms. The lowest BCUT2D eigenvalue weighted by Crippen LogP contribution is -2.28. The van der Waals surface area contributed by atoms with Gasteiger partial charge in [-0.1, -0.05) is 6.08 Å². The average Bonchev–Trinajstić information content (AvgIpc) is 2.12. The second kappa shape index (κ2) is 2.70. The van der Waals surface area contributed by atoms with E-state index in [-0.39, 0.29) is 11.7 Å². The molecule has 1 atom stereocenters. The molecule has 0 radical (unpaired) electrons. The third-order valence-corrected chi connectivity index (χ3v) is 1.38. The summed E-state index contributed by atoms with van der Waals surface area (Å²) >= 11 is 0. The van der Waals surface area contributed by atoms with Gasteiger partial charge in [0.2, 0.25) is 0 Å². The fourth-order valence-corrected chi connectivity index (χ4v) is 0.962. The number of rotatable bonds is 1. The summed E-state index contributed by atoms with van der Waals surface area (Å²) in [4.78, 5) is 0. The Morgan fingerprint density at radius 1 is 1.45 bits per heavy atom. The molecule has 0 saturated heterocycles. The van der Waals surface area contributed by atoms with Crippen LogP contribution < -0.4 is 5.73 Å².